The average molecular weight is 317 g/mol. The van der Waals surface area contributed by atoms with Crippen molar-refractivity contribution in [2.24, 2.45) is 0 Å². The number of furan rings is 1. The first kappa shape index (κ1) is 16.3. The molecule has 5 heteroatoms. The van der Waals surface area contributed by atoms with Gasteiger partial charge in [-0.15, -0.1) is 0 Å². The summed E-state index contributed by atoms with van der Waals surface area (Å²) >= 11 is 0. The van der Waals surface area contributed by atoms with Crippen molar-refractivity contribution in [2.45, 2.75) is 65.2 Å². The van der Waals surface area contributed by atoms with Gasteiger partial charge in [-0.25, -0.2) is 0 Å². The molecule has 0 unspecified atom stereocenters. The first-order valence-corrected chi connectivity index (χ1v) is 8.59. The molecule has 0 spiro atoms. The monoisotopic (exact) mass is 317 g/mol. The van der Waals surface area contributed by atoms with E-state index in [2.05, 4.69) is 29.9 Å². The number of rotatable bonds is 7. The molecule has 0 aliphatic heterocycles. The second-order valence-corrected chi connectivity index (χ2v) is 6.52. The molecule has 2 aromatic rings. The standard InChI is InChI=1S/C18H27N3O2/c1-14-18(15(2)21(19-14)9-10-22)13-20(16-6-3-4-7-16)12-17-8-5-11-23-17/h5,8,11,16,22H,3-4,6-7,9-10,12-13H2,1-2H3. The van der Waals surface area contributed by atoms with Crippen molar-refractivity contribution in [3.05, 3.63) is 41.1 Å². The lowest BCUT2D eigenvalue weighted by Crippen LogP contribution is -2.32. The Balaban J connectivity index is 1.80. The van der Waals surface area contributed by atoms with Crippen LogP contribution in [0.1, 0.15) is 48.4 Å². The highest BCUT2D eigenvalue weighted by molar-refractivity contribution is 5.24. The Morgan fingerprint density at radius 3 is 2.74 bits per heavy atom. The second-order valence-electron chi connectivity index (χ2n) is 6.52. The lowest BCUT2D eigenvalue weighted by molar-refractivity contribution is 0.166. The molecule has 0 aromatic carbocycles. The van der Waals surface area contributed by atoms with Gasteiger partial charge in [0.2, 0.25) is 0 Å². The van der Waals surface area contributed by atoms with Crippen molar-refractivity contribution in [3.63, 3.8) is 0 Å². The first-order chi connectivity index (χ1) is 11.2. The summed E-state index contributed by atoms with van der Waals surface area (Å²) in [4.78, 5) is 2.53. The van der Waals surface area contributed by atoms with Gasteiger partial charge in [-0.3, -0.25) is 9.58 Å². The normalized spacial score (nSPS) is 15.8. The molecule has 3 rings (SSSR count). The van der Waals surface area contributed by atoms with Crippen LogP contribution in [0.5, 0.6) is 0 Å². The third-order valence-electron chi connectivity index (χ3n) is 4.98. The van der Waals surface area contributed by atoms with Gasteiger partial charge in [0.25, 0.3) is 0 Å². The highest BCUT2D eigenvalue weighted by Gasteiger charge is 2.25. The molecule has 2 aromatic heterocycles. The Bertz CT molecular complexity index is 613. The van der Waals surface area contributed by atoms with Gasteiger partial charge in [0, 0.05) is 23.8 Å². The van der Waals surface area contributed by atoms with E-state index in [1.807, 2.05) is 10.7 Å². The number of nitrogens with zero attached hydrogens (tertiary/aromatic N) is 3. The minimum Gasteiger partial charge on any atom is -0.468 e. The number of aliphatic hydroxyl groups is 1. The highest BCUT2D eigenvalue weighted by atomic mass is 16.3. The van der Waals surface area contributed by atoms with Crippen LogP contribution in [-0.4, -0.2) is 32.4 Å². The van der Waals surface area contributed by atoms with Crippen LogP contribution < -0.4 is 0 Å². The van der Waals surface area contributed by atoms with E-state index in [1.165, 1.54) is 36.9 Å². The summed E-state index contributed by atoms with van der Waals surface area (Å²) in [5.41, 5.74) is 3.52. The molecule has 2 heterocycles. The topological polar surface area (TPSA) is 54.4 Å². The summed E-state index contributed by atoms with van der Waals surface area (Å²) in [6.45, 7) is 6.60. The molecule has 1 fully saturated rings. The Hall–Kier alpha value is -1.59. The Labute approximate surface area is 137 Å². The van der Waals surface area contributed by atoms with Crippen LogP contribution in [0, 0.1) is 13.8 Å². The predicted octanol–water partition coefficient (Wildman–Crippen LogP) is 3.03. The zero-order valence-corrected chi connectivity index (χ0v) is 14.2. The van der Waals surface area contributed by atoms with Crippen LogP contribution in [0.2, 0.25) is 0 Å². The van der Waals surface area contributed by atoms with Gasteiger partial charge >= 0.3 is 0 Å². The van der Waals surface area contributed by atoms with Crippen molar-refractivity contribution >= 4 is 0 Å². The van der Waals surface area contributed by atoms with Gasteiger partial charge in [0.1, 0.15) is 5.76 Å². The molecule has 0 amide bonds. The average Bonchev–Trinajstić information content (AvgIpc) is 3.26. The van der Waals surface area contributed by atoms with E-state index >= 15 is 0 Å². The number of hydrogen-bond donors (Lipinski definition) is 1. The van der Waals surface area contributed by atoms with Crippen LogP contribution >= 0.6 is 0 Å². The van der Waals surface area contributed by atoms with Gasteiger partial charge in [-0.2, -0.15) is 5.10 Å². The quantitative estimate of drug-likeness (QED) is 0.853. The molecule has 1 aliphatic rings. The van der Waals surface area contributed by atoms with Crippen molar-refractivity contribution in [1.29, 1.82) is 0 Å². The summed E-state index contributed by atoms with van der Waals surface area (Å²) < 4.78 is 7.49. The molecule has 1 saturated carbocycles. The lowest BCUT2D eigenvalue weighted by Gasteiger charge is -2.28. The Morgan fingerprint density at radius 2 is 2.09 bits per heavy atom. The van der Waals surface area contributed by atoms with Crippen molar-refractivity contribution in [3.8, 4) is 0 Å². The highest BCUT2D eigenvalue weighted by Crippen LogP contribution is 2.28. The van der Waals surface area contributed by atoms with Crippen LogP contribution in [0.3, 0.4) is 0 Å². The number of hydrogen-bond acceptors (Lipinski definition) is 4. The van der Waals surface area contributed by atoms with E-state index < -0.39 is 0 Å². The fourth-order valence-corrected chi connectivity index (χ4v) is 3.66. The number of aliphatic hydroxyl groups excluding tert-OH is 1. The fourth-order valence-electron chi connectivity index (χ4n) is 3.66. The minimum absolute atomic E-state index is 0.125. The minimum atomic E-state index is 0.125. The van der Waals surface area contributed by atoms with E-state index in [1.54, 1.807) is 6.26 Å². The fraction of sp³-hybridized carbons (Fsp3) is 0.611. The predicted molar refractivity (Wildman–Crippen MR) is 89.0 cm³/mol. The molecule has 0 saturated heterocycles. The zero-order chi connectivity index (χ0) is 16.2. The maximum atomic E-state index is 9.19. The molecule has 0 radical (unpaired) electrons. The molecule has 0 atom stereocenters. The van der Waals surface area contributed by atoms with Crippen LogP contribution in [0.15, 0.2) is 22.8 Å². The van der Waals surface area contributed by atoms with E-state index in [0.29, 0.717) is 12.6 Å². The molecule has 1 N–H and O–H groups in total. The number of aryl methyl sites for hydroxylation is 1. The molecule has 126 valence electrons. The van der Waals surface area contributed by atoms with Gasteiger partial charge < -0.3 is 9.52 Å². The van der Waals surface area contributed by atoms with E-state index in [9.17, 15) is 5.11 Å². The Kier molecular flexibility index (Phi) is 5.18. The zero-order valence-electron chi connectivity index (χ0n) is 14.2. The van der Waals surface area contributed by atoms with Crippen molar-refractivity contribution < 1.29 is 9.52 Å². The molecular formula is C18H27N3O2. The van der Waals surface area contributed by atoms with Crippen LogP contribution in [0.4, 0.5) is 0 Å². The third-order valence-corrected chi connectivity index (χ3v) is 4.98. The summed E-state index contributed by atoms with van der Waals surface area (Å²) in [7, 11) is 0. The van der Waals surface area contributed by atoms with Crippen LogP contribution in [0.25, 0.3) is 0 Å². The maximum absolute atomic E-state index is 9.19. The second kappa shape index (κ2) is 7.32. The molecular weight excluding hydrogens is 290 g/mol. The molecule has 5 nitrogen and oxygen atoms in total. The van der Waals surface area contributed by atoms with E-state index in [4.69, 9.17) is 4.42 Å². The lowest BCUT2D eigenvalue weighted by atomic mass is 10.1. The van der Waals surface area contributed by atoms with Crippen molar-refractivity contribution in [1.82, 2.24) is 14.7 Å². The molecule has 1 aliphatic carbocycles. The first-order valence-electron chi connectivity index (χ1n) is 8.59. The Morgan fingerprint density at radius 1 is 1.30 bits per heavy atom. The van der Waals surface area contributed by atoms with Gasteiger partial charge in [-0.05, 0) is 38.8 Å². The largest absolute Gasteiger partial charge is 0.468 e. The van der Waals surface area contributed by atoms with E-state index in [-0.39, 0.29) is 6.61 Å². The van der Waals surface area contributed by atoms with Crippen molar-refractivity contribution in [2.75, 3.05) is 6.61 Å². The SMILES string of the molecule is Cc1nn(CCO)c(C)c1CN(Cc1ccco1)C1CCCC1. The summed E-state index contributed by atoms with van der Waals surface area (Å²) in [6, 6.07) is 4.63. The van der Waals surface area contributed by atoms with E-state index in [0.717, 1.165) is 24.5 Å². The summed E-state index contributed by atoms with van der Waals surface area (Å²) in [6.07, 6.45) is 6.92. The molecule has 0 bridgehead atoms. The summed E-state index contributed by atoms with van der Waals surface area (Å²) in [5.74, 6) is 1.02. The molecule has 23 heavy (non-hydrogen) atoms. The number of aromatic nitrogens is 2. The smallest absolute Gasteiger partial charge is 0.117 e. The maximum Gasteiger partial charge on any atom is 0.117 e. The van der Waals surface area contributed by atoms with Crippen LogP contribution in [-0.2, 0) is 19.6 Å². The van der Waals surface area contributed by atoms with Gasteiger partial charge in [0.05, 0.1) is 31.7 Å². The van der Waals surface area contributed by atoms with Gasteiger partial charge in [-0.1, -0.05) is 12.8 Å². The summed E-state index contributed by atoms with van der Waals surface area (Å²) in [5, 5.41) is 13.8. The third kappa shape index (κ3) is 3.67. The van der Waals surface area contributed by atoms with Gasteiger partial charge in [0.15, 0.2) is 0 Å².